The quantitative estimate of drug-likeness (QED) is 0.633. The fourth-order valence-electron chi connectivity index (χ4n) is 2.30. The molecular weight excluding hydrogens is 282 g/mol. The molecule has 0 aliphatic heterocycles. The number of aromatic nitrogens is 1. The molecule has 2 rings (SSSR count). The van der Waals surface area contributed by atoms with Crippen LogP contribution in [0.4, 0.5) is 0 Å². The fraction of sp³-hybridized carbons (Fsp3) is 0.538. The predicted octanol–water partition coefficient (Wildman–Crippen LogP) is 2.54. The van der Waals surface area contributed by atoms with Gasteiger partial charge in [-0.2, -0.15) is 0 Å². The van der Waals surface area contributed by atoms with Gasteiger partial charge in [-0.15, -0.1) is 0 Å². The van der Waals surface area contributed by atoms with Crippen LogP contribution in [0.15, 0.2) is 16.9 Å². The molecule has 0 N–H and O–H groups in total. The summed E-state index contributed by atoms with van der Waals surface area (Å²) in [4.78, 5) is 23.6. The minimum absolute atomic E-state index is 0.0213. The number of fused-ring (bicyclic) bond motifs is 1. The maximum absolute atomic E-state index is 11.8. The Hall–Kier alpha value is -0.900. The number of ketones is 1. The molecule has 3 nitrogen and oxygen atoms in total. The molecule has 0 bridgehead atoms. The maximum Gasteiger partial charge on any atom is 0.250 e. The third-order valence-corrected chi connectivity index (χ3v) is 3.74. The lowest BCUT2D eigenvalue weighted by atomic mass is 9.94. The molecule has 92 valence electrons. The van der Waals surface area contributed by atoms with Crippen molar-refractivity contribution in [2.75, 3.05) is 5.33 Å². The molecular formula is C13H16BrNO2. The van der Waals surface area contributed by atoms with Crippen LogP contribution in [-0.2, 0) is 13.0 Å². The number of unbranched alkanes of at least 4 members (excludes halogenated alkanes) is 1. The van der Waals surface area contributed by atoms with E-state index in [4.69, 9.17) is 0 Å². The van der Waals surface area contributed by atoms with Crippen LogP contribution < -0.4 is 5.56 Å². The molecule has 1 aliphatic carbocycles. The van der Waals surface area contributed by atoms with E-state index in [9.17, 15) is 9.59 Å². The number of hydrogen-bond acceptors (Lipinski definition) is 2. The molecule has 1 heterocycles. The Kier molecular flexibility index (Phi) is 4.15. The summed E-state index contributed by atoms with van der Waals surface area (Å²) in [6.45, 7) is 0.723. The number of rotatable bonds is 4. The van der Waals surface area contributed by atoms with E-state index in [-0.39, 0.29) is 11.3 Å². The van der Waals surface area contributed by atoms with Gasteiger partial charge in [-0.1, -0.05) is 15.9 Å². The molecule has 0 radical (unpaired) electrons. The highest BCUT2D eigenvalue weighted by atomic mass is 79.9. The van der Waals surface area contributed by atoms with Gasteiger partial charge in [0.2, 0.25) is 0 Å². The van der Waals surface area contributed by atoms with E-state index in [1.54, 1.807) is 10.6 Å². The average Bonchev–Trinajstić information content (AvgIpc) is 2.32. The van der Waals surface area contributed by atoms with Crippen molar-refractivity contribution >= 4 is 21.7 Å². The van der Waals surface area contributed by atoms with E-state index < -0.39 is 0 Å². The lowest BCUT2D eigenvalue weighted by Crippen LogP contribution is -2.28. The molecule has 0 unspecified atom stereocenters. The Balaban J connectivity index is 2.33. The molecule has 0 amide bonds. The zero-order valence-electron chi connectivity index (χ0n) is 9.75. The zero-order chi connectivity index (χ0) is 12.3. The summed E-state index contributed by atoms with van der Waals surface area (Å²) in [7, 11) is 0. The van der Waals surface area contributed by atoms with Crippen LogP contribution in [0.2, 0.25) is 0 Å². The molecule has 0 fully saturated rings. The zero-order valence-corrected chi connectivity index (χ0v) is 11.3. The molecule has 0 saturated heterocycles. The van der Waals surface area contributed by atoms with Gasteiger partial charge in [-0.05, 0) is 31.7 Å². The van der Waals surface area contributed by atoms with Gasteiger partial charge in [-0.25, -0.2) is 0 Å². The normalized spacial score (nSPS) is 14.8. The van der Waals surface area contributed by atoms with E-state index in [1.807, 2.05) is 0 Å². The van der Waals surface area contributed by atoms with Crippen LogP contribution >= 0.6 is 15.9 Å². The van der Waals surface area contributed by atoms with Crippen LogP contribution in [-0.4, -0.2) is 15.7 Å². The van der Waals surface area contributed by atoms with Gasteiger partial charge in [-0.3, -0.25) is 9.59 Å². The maximum atomic E-state index is 11.8. The van der Waals surface area contributed by atoms with E-state index in [0.717, 1.165) is 48.8 Å². The predicted molar refractivity (Wildman–Crippen MR) is 71.0 cm³/mol. The summed E-state index contributed by atoms with van der Waals surface area (Å²) in [6.07, 6.45) is 4.35. The third-order valence-electron chi connectivity index (χ3n) is 3.18. The first-order valence-electron chi connectivity index (χ1n) is 6.06. The monoisotopic (exact) mass is 297 g/mol. The van der Waals surface area contributed by atoms with Crippen molar-refractivity contribution < 1.29 is 4.79 Å². The van der Waals surface area contributed by atoms with Gasteiger partial charge < -0.3 is 4.57 Å². The standard InChI is InChI=1S/C13H16BrNO2/c14-8-1-2-9-15-11-4-3-5-12(16)10(11)6-7-13(15)17/h6-7H,1-5,8-9H2. The van der Waals surface area contributed by atoms with Gasteiger partial charge in [0.15, 0.2) is 5.78 Å². The largest absolute Gasteiger partial charge is 0.312 e. The Morgan fingerprint density at radius 3 is 2.76 bits per heavy atom. The highest BCUT2D eigenvalue weighted by Crippen LogP contribution is 2.19. The van der Waals surface area contributed by atoms with E-state index in [2.05, 4.69) is 15.9 Å². The summed E-state index contributed by atoms with van der Waals surface area (Å²) in [5.74, 6) is 0.181. The van der Waals surface area contributed by atoms with Crippen molar-refractivity contribution in [2.24, 2.45) is 0 Å². The minimum Gasteiger partial charge on any atom is -0.312 e. The smallest absolute Gasteiger partial charge is 0.250 e. The number of carbonyl (C=O) groups excluding carboxylic acids is 1. The van der Waals surface area contributed by atoms with Crippen LogP contribution in [0.25, 0.3) is 0 Å². The first kappa shape index (κ1) is 12.6. The summed E-state index contributed by atoms with van der Waals surface area (Å²) in [5.41, 5.74) is 1.73. The number of nitrogens with zero attached hydrogens (tertiary/aromatic N) is 1. The third kappa shape index (κ3) is 2.68. The van der Waals surface area contributed by atoms with Gasteiger partial charge in [0.25, 0.3) is 5.56 Å². The molecule has 0 aromatic carbocycles. The van der Waals surface area contributed by atoms with Crippen LogP contribution in [0, 0.1) is 0 Å². The highest BCUT2D eigenvalue weighted by Gasteiger charge is 2.20. The summed E-state index contributed by atoms with van der Waals surface area (Å²) in [6, 6.07) is 3.22. The molecule has 0 atom stereocenters. The van der Waals surface area contributed by atoms with Crippen LogP contribution in [0.3, 0.4) is 0 Å². The van der Waals surface area contributed by atoms with Gasteiger partial charge >= 0.3 is 0 Å². The number of hydrogen-bond donors (Lipinski definition) is 0. The Morgan fingerprint density at radius 1 is 1.18 bits per heavy atom. The first-order valence-corrected chi connectivity index (χ1v) is 7.18. The van der Waals surface area contributed by atoms with Crippen molar-refractivity contribution in [3.63, 3.8) is 0 Å². The molecule has 1 aromatic rings. The Bertz CT molecular complexity index is 479. The number of Topliss-reactive ketones (excluding diaryl/α,β-unsaturated/α-hetero) is 1. The van der Waals surface area contributed by atoms with Gasteiger partial charge in [0, 0.05) is 35.6 Å². The van der Waals surface area contributed by atoms with Crippen molar-refractivity contribution in [3.05, 3.63) is 33.7 Å². The van der Waals surface area contributed by atoms with Crippen molar-refractivity contribution in [1.82, 2.24) is 4.57 Å². The second kappa shape index (κ2) is 5.63. The molecule has 0 spiro atoms. The molecule has 1 aliphatic rings. The van der Waals surface area contributed by atoms with Crippen molar-refractivity contribution in [3.8, 4) is 0 Å². The lowest BCUT2D eigenvalue weighted by molar-refractivity contribution is 0.0970. The highest BCUT2D eigenvalue weighted by molar-refractivity contribution is 9.09. The number of pyridine rings is 1. The Morgan fingerprint density at radius 2 is 2.00 bits per heavy atom. The fourth-order valence-corrected chi connectivity index (χ4v) is 2.70. The van der Waals surface area contributed by atoms with E-state index in [0.29, 0.717) is 6.42 Å². The van der Waals surface area contributed by atoms with Crippen molar-refractivity contribution in [2.45, 2.75) is 38.6 Å². The number of alkyl halides is 1. The minimum atomic E-state index is 0.0213. The number of halogens is 1. The summed E-state index contributed by atoms with van der Waals surface area (Å²) >= 11 is 3.38. The molecule has 1 aromatic heterocycles. The molecule has 17 heavy (non-hydrogen) atoms. The van der Waals surface area contributed by atoms with Gasteiger partial charge in [0.05, 0.1) is 0 Å². The average molecular weight is 298 g/mol. The van der Waals surface area contributed by atoms with Crippen molar-refractivity contribution in [1.29, 1.82) is 0 Å². The van der Waals surface area contributed by atoms with Crippen LogP contribution in [0.1, 0.15) is 41.7 Å². The van der Waals surface area contributed by atoms with E-state index >= 15 is 0 Å². The Labute approximate surface area is 109 Å². The molecule has 0 saturated carbocycles. The van der Waals surface area contributed by atoms with Gasteiger partial charge in [0.1, 0.15) is 0 Å². The number of carbonyl (C=O) groups is 1. The van der Waals surface area contributed by atoms with Crippen LogP contribution in [0.5, 0.6) is 0 Å². The SMILES string of the molecule is O=C1CCCc2c1ccc(=O)n2CCCCBr. The first-order chi connectivity index (χ1) is 8.24. The second-order valence-corrected chi connectivity index (χ2v) is 5.15. The topological polar surface area (TPSA) is 39.1 Å². The molecule has 4 heteroatoms. The summed E-state index contributed by atoms with van der Waals surface area (Å²) < 4.78 is 1.79. The lowest BCUT2D eigenvalue weighted by Gasteiger charge is -2.19. The second-order valence-electron chi connectivity index (χ2n) is 4.36. The van der Waals surface area contributed by atoms with E-state index in [1.165, 1.54) is 6.07 Å². The summed E-state index contributed by atoms with van der Waals surface area (Å²) in [5, 5.41) is 0.954.